The van der Waals surface area contributed by atoms with E-state index in [4.69, 9.17) is 11.6 Å². The van der Waals surface area contributed by atoms with E-state index in [0.717, 1.165) is 12.3 Å². The van der Waals surface area contributed by atoms with Crippen molar-refractivity contribution in [1.29, 1.82) is 0 Å². The molecular formula is C12H20ClNO. The number of carbonyl (C=O) groups is 1. The Morgan fingerprint density at radius 1 is 1.40 bits per heavy atom. The van der Waals surface area contributed by atoms with Crippen LogP contribution in [0, 0.1) is 17.8 Å². The van der Waals surface area contributed by atoms with E-state index in [0.29, 0.717) is 11.8 Å². The molecule has 1 N–H and O–H groups in total. The summed E-state index contributed by atoms with van der Waals surface area (Å²) in [6.45, 7) is 3.95. The number of hydrogen-bond acceptors (Lipinski definition) is 1. The van der Waals surface area contributed by atoms with E-state index in [9.17, 15) is 4.79 Å². The number of carbonyl (C=O) groups excluding carboxylic acids is 1. The Bertz CT molecular complexity index is 264. The van der Waals surface area contributed by atoms with E-state index >= 15 is 0 Å². The molecule has 0 radical (unpaired) electrons. The van der Waals surface area contributed by atoms with Crippen molar-refractivity contribution in [2.45, 2.75) is 45.1 Å². The van der Waals surface area contributed by atoms with Gasteiger partial charge in [0.15, 0.2) is 0 Å². The highest BCUT2D eigenvalue weighted by Crippen LogP contribution is 2.48. The minimum atomic E-state index is -0.263. The highest BCUT2D eigenvalue weighted by Gasteiger charge is 2.43. The fraction of sp³-hybridized carbons (Fsp3) is 0.917. The summed E-state index contributed by atoms with van der Waals surface area (Å²) in [7, 11) is 0. The topological polar surface area (TPSA) is 29.1 Å². The van der Waals surface area contributed by atoms with Gasteiger partial charge in [-0.3, -0.25) is 4.79 Å². The molecule has 2 fully saturated rings. The Morgan fingerprint density at radius 2 is 2.13 bits per heavy atom. The van der Waals surface area contributed by atoms with Crippen LogP contribution in [0.15, 0.2) is 0 Å². The predicted octanol–water partition coefficient (Wildman–Crippen LogP) is 2.56. The van der Waals surface area contributed by atoms with Crippen LogP contribution < -0.4 is 5.32 Å². The van der Waals surface area contributed by atoms with Crippen LogP contribution in [0.5, 0.6) is 0 Å². The number of hydrogen-bond donors (Lipinski definition) is 1. The number of halogens is 1. The molecule has 1 amide bonds. The molecule has 15 heavy (non-hydrogen) atoms. The molecule has 3 atom stereocenters. The van der Waals surface area contributed by atoms with Gasteiger partial charge in [-0.2, -0.15) is 0 Å². The number of alkyl halides is 1. The van der Waals surface area contributed by atoms with Gasteiger partial charge in [-0.15, -0.1) is 11.6 Å². The predicted molar refractivity (Wildman–Crippen MR) is 61.9 cm³/mol. The van der Waals surface area contributed by atoms with Crippen LogP contribution in [0.3, 0.4) is 0 Å². The molecule has 2 rings (SSSR count). The lowest BCUT2D eigenvalue weighted by atomic mass is 9.87. The van der Waals surface area contributed by atoms with Crippen LogP contribution in [-0.4, -0.2) is 17.3 Å². The van der Waals surface area contributed by atoms with E-state index < -0.39 is 0 Å². The Hall–Kier alpha value is -0.240. The van der Waals surface area contributed by atoms with Crippen LogP contribution >= 0.6 is 11.6 Å². The third-order valence-electron chi connectivity index (χ3n) is 3.87. The van der Waals surface area contributed by atoms with Crippen LogP contribution in [0.4, 0.5) is 0 Å². The van der Waals surface area contributed by atoms with E-state index in [1.807, 2.05) is 13.8 Å². The van der Waals surface area contributed by atoms with Crippen molar-refractivity contribution in [3.63, 3.8) is 0 Å². The van der Waals surface area contributed by atoms with Crippen molar-refractivity contribution in [2.24, 2.45) is 17.8 Å². The molecule has 0 aromatic rings. The standard InChI is InChI=1S/C12H20ClNO/c1-12(2,7-13)14-11(15)10-6-8-3-4-9(10)5-8/h8-10H,3-7H2,1-2H3,(H,14,15). The molecule has 3 unspecified atom stereocenters. The number of amides is 1. The van der Waals surface area contributed by atoms with Crippen LogP contribution in [-0.2, 0) is 4.79 Å². The molecule has 0 heterocycles. The summed E-state index contributed by atoms with van der Waals surface area (Å²) in [4.78, 5) is 12.0. The van der Waals surface area contributed by atoms with E-state index in [1.54, 1.807) is 0 Å². The van der Waals surface area contributed by atoms with Crippen molar-refractivity contribution >= 4 is 17.5 Å². The molecule has 0 aliphatic heterocycles. The summed E-state index contributed by atoms with van der Waals surface area (Å²) in [5.74, 6) is 2.45. The van der Waals surface area contributed by atoms with Gasteiger partial charge in [-0.25, -0.2) is 0 Å². The average molecular weight is 230 g/mol. The van der Waals surface area contributed by atoms with Crippen molar-refractivity contribution < 1.29 is 4.79 Å². The molecule has 2 aliphatic rings. The molecule has 86 valence electrons. The van der Waals surface area contributed by atoms with E-state index in [-0.39, 0.29) is 17.4 Å². The largest absolute Gasteiger partial charge is 0.350 e. The summed E-state index contributed by atoms with van der Waals surface area (Å²) in [5.41, 5.74) is -0.263. The smallest absolute Gasteiger partial charge is 0.223 e. The maximum absolute atomic E-state index is 12.0. The first-order valence-electron chi connectivity index (χ1n) is 5.90. The maximum atomic E-state index is 12.0. The zero-order valence-electron chi connectivity index (χ0n) is 9.55. The third kappa shape index (κ3) is 2.30. The Balaban J connectivity index is 1.92. The molecule has 2 bridgehead atoms. The van der Waals surface area contributed by atoms with Crippen LogP contribution in [0.25, 0.3) is 0 Å². The first-order chi connectivity index (χ1) is 7.02. The number of nitrogens with one attached hydrogen (secondary N) is 1. The molecule has 0 spiro atoms. The summed E-state index contributed by atoms with van der Waals surface area (Å²) in [6.07, 6.45) is 4.98. The molecule has 0 aromatic heterocycles. The molecular weight excluding hydrogens is 210 g/mol. The normalized spacial score (nSPS) is 34.5. The Kier molecular flexibility index (Phi) is 2.98. The lowest BCUT2D eigenvalue weighted by Gasteiger charge is -2.28. The number of fused-ring (bicyclic) bond motifs is 2. The molecule has 2 saturated carbocycles. The first kappa shape index (κ1) is 11.3. The lowest BCUT2D eigenvalue weighted by molar-refractivity contribution is -0.127. The SMILES string of the molecule is CC(C)(CCl)NC(=O)C1CC2CCC1C2. The minimum absolute atomic E-state index is 0.229. The van der Waals surface area contributed by atoms with Gasteiger partial charge in [-0.05, 0) is 44.9 Å². The second-order valence-corrected chi connectivity index (χ2v) is 6.06. The Morgan fingerprint density at radius 3 is 2.60 bits per heavy atom. The lowest BCUT2D eigenvalue weighted by Crippen LogP contribution is -2.48. The van der Waals surface area contributed by atoms with Gasteiger partial charge in [0, 0.05) is 17.3 Å². The molecule has 0 saturated heterocycles. The fourth-order valence-electron chi connectivity index (χ4n) is 3.03. The van der Waals surface area contributed by atoms with Gasteiger partial charge in [0.25, 0.3) is 0 Å². The second-order valence-electron chi connectivity index (χ2n) is 5.79. The zero-order valence-corrected chi connectivity index (χ0v) is 10.3. The molecule has 2 aliphatic carbocycles. The summed E-state index contributed by atoms with van der Waals surface area (Å²) < 4.78 is 0. The van der Waals surface area contributed by atoms with Crippen molar-refractivity contribution in [2.75, 3.05) is 5.88 Å². The number of rotatable bonds is 3. The zero-order chi connectivity index (χ0) is 11.1. The van der Waals surface area contributed by atoms with Crippen molar-refractivity contribution in [1.82, 2.24) is 5.32 Å². The van der Waals surface area contributed by atoms with Gasteiger partial charge in [0.05, 0.1) is 0 Å². The monoisotopic (exact) mass is 229 g/mol. The summed E-state index contributed by atoms with van der Waals surface area (Å²) >= 11 is 5.81. The average Bonchev–Trinajstić information content (AvgIpc) is 2.78. The highest BCUT2D eigenvalue weighted by molar-refractivity contribution is 6.18. The third-order valence-corrected chi connectivity index (χ3v) is 4.54. The van der Waals surface area contributed by atoms with Gasteiger partial charge < -0.3 is 5.32 Å². The fourth-order valence-corrected chi connectivity index (χ4v) is 3.09. The van der Waals surface area contributed by atoms with Gasteiger partial charge in [0.1, 0.15) is 0 Å². The van der Waals surface area contributed by atoms with Gasteiger partial charge >= 0.3 is 0 Å². The van der Waals surface area contributed by atoms with E-state index in [1.165, 1.54) is 19.3 Å². The van der Waals surface area contributed by atoms with Gasteiger partial charge in [-0.1, -0.05) is 6.42 Å². The van der Waals surface area contributed by atoms with Crippen LogP contribution in [0.2, 0.25) is 0 Å². The molecule has 2 nitrogen and oxygen atoms in total. The Labute approximate surface area is 96.8 Å². The van der Waals surface area contributed by atoms with Crippen molar-refractivity contribution in [3.05, 3.63) is 0 Å². The van der Waals surface area contributed by atoms with Crippen LogP contribution in [0.1, 0.15) is 39.5 Å². The summed E-state index contributed by atoms with van der Waals surface area (Å²) in [6, 6.07) is 0. The van der Waals surface area contributed by atoms with E-state index in [2.05, 4.69) is 5.32 Å². The highest BCUT2D eigenvalue weighted by atomic mass is 35.5. The second kappa shape index (κ2) is 3.97. The first-order valence-corrected chi connectivity index (χ1v) is 6.43. The minimum Gasteiger partial charge on any atom is -0.350 e. The van der Waals surface area contributed by atoms with Crippen molar-refractivity contribution in [3.8, 4) is 0 Å². The summed E-state index contributed by atoms with van der Waals surface area (Å²) in [5, 5.41) is 3.06. The quantitative estimate of drug-likeness (QED) is 0.741. The van der Waals surface area contributed by atoms with Gasteiger partial charge in [0.2, 0.25) is 5.91 Å². The maximum Gasteiger partial charge on any atom is 0.223 e. The molecule has 3 heteroatoms. The molecule has 0 aromatic carbocycles.